The van der Waals surface area contributed by atoms with Gasteiger partial charge in [0.05, 0.1) is 16.7 Å². The Morgan fingerprint density at radius 2 is 1.23 bits per heavy atom. The highest BCUT2D eigenvalue weighted by atomic mass is 15.3. The average molecular weight is 403 g/mol. The van der Waals surface area contributed by atoms with Gasteiger partial charge in [0.1, 0.15) is 6.17 Å². The zero-order valence-corrected chi connectivity index (χ0v) is 18.0. The molecule has 0 bridgehead atoms. The molecule has 0 radical (unpaired) electrons. The van der Waals surface area contributed by atoms with E-state index in [0.29, 0.717) is 0 Å². The van der Waals surface area contributed by atoms with Crippen LogP contribution in [-0.2, 0) is 0 Å². The zero-order chi connectivity index (χ0) is 21.4. The Bertz CT molecular complexity index is 1320. The number of anilines is 2. The van der Waals surface area contributed by atoms with Gasteiger partial charge in [0.2, 0.25) is 0 Å². The van der Waals surface area contributed by atoms with Crippen LogP contribution in [0.1, 0.15) is 25.6 Å². The number of benzene rings is 4. The molecule has 2 heteroatoms. The Balaban J connectivity index is 1.80. The minimum atomic E-state index is 0.0488. The van der Waals surface area contributed by atoms with Gasteiger partial charge in [-0.1, -0.05) is 79.4 Å². The summed E-state index contributed by atoms with van der Waals surface area (Å²) in [7, 11) is 0. The first-order valence-electron chi connectivity index (χ1n) is 10.7. The van der Waals surface area contributed by atoms with Crippen molar-refractivity contribution in [2.45, 2.75) is 20.0 Å². The van der Waals surface area contributed by atoms with Crippen molar-refractivity contribution in [1.82, 2.24) is 4.57 Å². The quantitative estimate of drug-likeness (QED) is 0.288. The lowest BCUT2D eigenvalue weighted by Crippen LogP contribution is -2.27. The van der Waals surface area contributed by atoms with Gasteiger partial charge in [0.25, 0.3) is 0 Å². The largest absolute Gasteiger partial charge is 0.320 e. The number of rotatable bonds is 5. The van der Waals surface area contributed by atoms with E-state index in [1.54, 1.807) is 0 Å². The summed E-state index contributed by atoms with van der Waals surface area (Å²) >= 11 is 0. The van der Waals surface area contributed by atoms with Crippen LogP contribution < -0.4 is 4.90 Å². The lowest BCUT2D eigenvalue weighted by atomic mass is 10.0. The van der Waals surface area contributed by atoms with Crippen LogP contribution in [-0.4, -0.2) is 4.57 Å². The molecule has 0 aliphatic heterocycles. The van der Waals surface area contributed by atoms with E-state index in [4.69, 9.17) is 0 Å². The summed E-state index contributed by atoms with van der Waals surface area (Å²) in [6.07, 6.45) is 0.0488. The van der Waals surface area contributed by atoms with Gasteiger partial charge in [0, 0.05) is 22.0 Å². The average Bonchev–Trinajstić information content (AvgIpc) is 3.15. The van der Waals surface area contributed by atoms with E-state index in [2.05, 4.69) is 133 Å². The number of hydrogen-bond acceptors (Lipinski definition) is 1. The predicted octanol–water partition coefficient (Wildman–Crippen LogP) is 8.18. The summed E-state index contributed by atoms with van der Waals surface area (Å²) < 4.78 is 2.45. The van der Waals surface area contributed by atoms with Crippen LogP contribution in [0.15, 0.2) is 110 Å². The Labute approximate surface area is 183 Å². The number of allylic oxidation sites excluding steroid dienone is 1. The van der Waals surface area contributed by atoms with Crippen molar-refractivity contribution < 1.29 is 0 Å². The maximum absolute atomic E-state index is 4.25. The second-order valence-corrected chi connectivity index (χ2v) is 8.04. The van der Waals surface area contributed by atoms with Crippen molar-refractivity contribution in [3.05, 3.63) is 115 Å². The fraction of sp³-hybridized carbons (Fsp3) is 0.103. The summed E-state index contributed by atoms with van der Waals surface area (Å²) in [4.78, 5) is 2.42. The maximum Gasteiger partial charge on any atom is 0.108 e. The van der Waals surface area contributed by atoms with Crippen LogP contribution in [0, 0.1) is 0 Å². The molecular formula is C29H26N2. The Hall–Kier alpha value is -3.78. The van der Waals surface area contributed by atoms with E-state index < -0.39 is 0 Å². The fourth-order valence-electron chi connectivity index (χ4n) is 4.66. The summed E-state index contributed by atoms with van der Waals surface area (Å²) in [6, 6.07) is 36.5. The van der Waals surface area contributed by atoms with Gasteiger partial charge in [-0.2, -0.15) is 0 Å². The number of para-hydroxylation sites is 4. The molecule has 0 saturated heterocycles. The lowest BCUT2D eigenvalue weighted by molar-refractivity contribution is 0.590. The molecule has 1 atom stereocenters. The van der Waals surface area contributed by atoms with Crippen LogP contribution in [0.25, 0.3) is 27.4 Å². The van der Waals surface area contributed by atoms with Crippen LogP contribution >= 0.6 is 0 Å². The molecule has 0 saturated carbocycles. The molecular weight excluding hydrogens is 376 g/mol. The minimum absolute atomic E-state index is 0.0488. The van der Waals surface area contributed by atoms with Crippen molar-refractivity contribution in [3.8, 4) is 0 Å². The number of aromatic nitrogens is 1. The Kier molecular flexibility index (Phi) is 4.83. The van der Waals surface area contributed by atoms with Crippen molar-refractivity contribution in [2.24, 2.45) is 0 Å². The van der Waals surface area contributed by atoms with E-state index in [1.807, 2.05) is 0 Å². The van der Waals surface area contributed by atoms with Crippen molar-refractivity contribution >= 4 is 38.8 Å². The van der Waals surface area contributed by atoms with E-state index in [0.717, 1.165) is 16.9 Å². The lowest BCUT2D eigenvalue weighted by Gasteiger charge is -2.35. The van der Waals surface area contributed by atoms with Gasteiger partial charge in [0.15, 0.2) is 0 Å². The highest BCUT2D eigenvalue weighted by Gasteiger charge is 2.24. The van der Waals surface area contributed by atoms with Crippen LogP contribution in [0.4, 0.5) is 11.4 Å². The SMILES string of the molecule is C=C(C)c1ccccc1N(c1ccccc1)C(C)n1c2ccccc2c2ccccc21. The molecule has 152 valence electrons. The van der Waals surface area contributed by atoms with Crippen LogP contribution in [0.3, 0.4) is 0 Å². The molecule has 0 aliphatic carbocycles. The molecule has 0 fully saturated rings. The minimum Gasteiger partial charge on any atom is -0.320 e. The van der Waals surface area contributed by atoms with Gasteiger partial charge in [-0.05, 0) is 49.8 Å². The van der Waals surface area contributed by atoms with Gasteiger partial charge in [-0.25, -0.2) is 0 Å². The highest BCUT2D eigenvalue weighted by Crippen LogP contribution is 2.40. The van der Waals surface area contributed by atoms with Crippen LogP contribution in [0.5, 0.6) is 0 Å². The predicted molar refractivity (Wildman–Crippen MR) is 134 cm³/mol. The second kappa shape index (κ2) is 7.81. The third-order valence-electron chi connectivity index (χ3n) is 6.02. The second-order valence-electron chi connectivity index (χ2n) is 8.04. The molecule has 1 unspecified atom stereocenters. The van der Waals surface area contributed by atoms with Crippen molar-refractivity contribution in [2.75, 3.05) is 4.90 Å². The number of hydrogen-bond donors (Lipinski definition) is 0. The number of fused-ring (bicyclic) bond motifs is 3. The smallest absolute Gasteiger partial charge is 0.108 e. The van der Waals surface area contributed by atoms with E-state index in [9.17, 15) is 0 Å². The molecule has 4 aromatic carbocycles. The van der Waals surface area contributed by atoms with Gasteiger partial charge in [-0.3, -0.25) is 0 Å². The van der Waals surface area contributed by atoms with E-state index in [-0.39, 0.29) is 6.17 Å². The van der Waals surface area contributed by atoms with E-state index in [1.165, 1.54) is 27.4 Å². The Morgan fingerprint density at radius 3 is 1.84 bits per heavy atom. The molecule has 0 spiro atoms. The third-order valence-corrected chi connectivity index (χ3v) is 6.02. The first-order valence-corrected chi connectivity index (χ1v) is 10.7. The molecule has 5 aromatic rings. The molecule has 2 nitrogen and oxygen atoms in total. The molecule has 0 N–H and O–H groups in total. The molecule has 0 amide bonds. The van der Waals surface area contributed by atoms with Gasteiger partial charge < -0.3 is 9.47 Å². The Morgan fingerprint density at radius 1 is 0.710 bits per heavy atom. The molecule has 31 heavy (non-hydrogen) atoms. The third kappa shape index (κ3) is 3.21. The number of nitrogens with zero attached hydrogens (tertiary/aromatic N) is 2. The first kappa shape index (κ1) is 19.2. The summed E-state index contributed by atoms with van der Waals surface area (Å²) in [5, 5.41) is 2.57. The molecule has 0 aliphatic rings. The standard InChI is InChI=1S/C29H26N2/c1-21(2)24-15-7-10-18-27(24)30(23-13-5-4-6-14-23)22(3)31-28-19-11-8-16-25(28)26-17-9-12-20-29(26)31/h4-20,22H,1H2,2-3H3. The molecule has 1 aromatic heterocycles. The topological polar surface area (TPSA) is 8.17 Å². The van der Waals surface area contributed by atoms with Crippen molar-refractivity contribution in [3.63, 3.8) is 0 Å². The maximum atomic E-state index is 4.25. The van der Waals surface area contributed by atoms with E-state index >= 15 is 0 Å². The van der Waals surface area contributed by atoms with Gasteiger partial charge in [-0.15, -0.1) is 0 Å². The van der Waals surface area contributed by atoms with Crippen LogP contribution in [0.2, 0.25) is 0 Å². The van der Waals surface area contributed by atoms with Gasteiger partial charge >= 0.3 is 0 Å². The monoisotopic (exact) mass is 402 g/mol. The van der Waals surface area contributed by atoms with Crippen molar-refractivity contribution in [1.29, 1.82) is 0 Å². The first-order chi connectivity index (χ1) is 15.2. The summed E-state index contributed by atoms with van der Waals surface area (Å²) in [5.41, 5.74) is 7.03. The molecule has 1 heterocycles. The zero-order valence-electron chi connectivity index (χ0n) is 18.0. The molecule has 5 rings (SSSR count). The highest BCUT2D eigenvalue weighted by molar-refractivity contribution is 6.08. The summed E-state index contributed by atoms with van der Waals surface area (Å²) in [6.45, 7) is 8.61. The summed E-state index contributed by atoms with van der Waals surface area (Å²) in [5.74, 6) is 0. The normalized spacial score (nSPS) is 12.2. The fourth-order valence-corrected chi connectivity index (χ4v) is 4.66.